The van der Waals surface area contributed by atoms with Crippen LogP contribution in [-0.4, -0.2) is 84.1 Å². The summed E-state index contributed by atoms with van der Waals surface area (Å²) in [4.78, 5) is 36.3. The maximum absolute atomic E-state index is 12.4. The first kappa shape index (κ1) is 22.5. The van der Waals surface area contributed by atoms with Crippen LogP contribution in [0.3, 0.4) is 0 Å². The minimum Gasteiger partial charge on any atom is -0.386 e. The lowest BCUT2D eigenvalue weighted by atomic mass is 10.1. The van der Waals surface area contributed by atoms with E-state index in [2.05, 4.69) is 19.9 Å². The van der Waals surface area contributed by atoms with Gasteiger partial charge in [0.05, 0.1) is 26.1 Å². The molecule has 5 N–H and O–H groups in total. The first-order chi connectivity index (χ1) is 15.3. The van der Waals surface area contributed by atoms with E-state index in [0.29, 0.717) is 0 Å². The Morgan fingerprint density at radius 3 is 2.91 bits per heavy atom. The van der Waals surface area contributed by atoms with Crippen LogP contribution in [-0.2, 0) is 23.3 Å². The number of nitrogens with one attached hydrogen (secondary N) is 1. The Bertz CT molecular complexity index is 1170. The Morgan fingerprint density at radius 1 is 1.38 bits per heavy atom. The predicted octanol–water partition coefficient (Wildman–Crippen LogP) is -1.15. The van der Waals surface area contributed by atoms with Crippen LogP contribution in [0.15, 0.2) is 29.8 Å². The van der Waals surface area contributed by atoms with Crippen LogP contribution in [0.5, 0.6) is 0 Å². The first-order valence-corrected chi connectivity index (χ1v) is 11.0. The van der Waals surface area contributed by atoms with Gasteiger partial charge in [-0.05, 0) is 0 Å². The number of nitrogens with zero attached hydrogens (tertiary/aromatic N) is 5. The van der Waals surface area contributed by atoms with Crippen molar-refractivity contribution in [3.63, 3.8) is 0 Å². The number of nitrogen functional groups attached to an aromatic ring is 1. The fourth-order valence-corrected chi connectivity index (χ4v) is 4.22. The zero-order chi connectivity index (χ0) is 22.9. The Hall–Kier alpha value is -2.65. The number of nitrogens with two attached hydrogens (primary N) is 1. The molecule has 174 valence electrons. The molecule has 0 aromatic carbocycles. The van der Waals surface area contributed by atoms with Crippen LogP contribution >= 0.6 is 7.75 Å². The number of aliphatic hydroxyl groups excluding tert-OH is 1. The van der Waals surface area contributed by atoms with Gasteiger partial charge in [-0.2, -0.15) is 4.98 Å². The fourth-order valence-electron chi connectivity index (χ4n) is 3.32. The largest absolute Gasteiger partial charge is 0.437 e. The van der Waals surface area contributed by atoms with Crippen molar-refractivity contribution >= 4 is 24.9 Å². The highest BCUT2D eigenvalue weighted by Gasteiger charge is 2.47. The van der Waals surface area contributed by atoms with E-state index in [-0.39, 0.29) is 36.9 Å². The van der Waals surface area contributed by atoms with Crippen molar-refractivity contribution in [3.8, 4) is 0 Å². The van der Waals surface area contributed by atoms with Crippen molar-refractivity contribution in [2.75, 3.05) is 32.7 Å². The molecule has 2 unspecified atom stereocenters. The van der Waals surface area contributed by atoms with E-state index < -0.39 is 37.8 Å². The Labute approximate surface area is 180 Å². The van der Waals surface area contributed by atoms with E-state index in [1.165, 1.54) is 30.4 Å². The van der Waals surface area contributed by atoms with Crippen LogP contribution in [0.4, 0.5) is 5.95 Å². The third kappa shape index (κ3) is 4.31. The van der Waals surface area contributed by atoms with Gasteiger partial charge >= 0.3 is 7.75 Å². The lowest BCUT2D eigenvalue weighted by molar-refractivity contribution is -0.0653. The first-order valence-electron chi connectivity index (χ1n) is 9.44. The third-order valence-corrected chi connectivity index (χ3v) is 6.13. The summed E-state index contributed by atoms with van der Waals surface area (Å²) in [7, 11) is -2.75. The lowest BCUT2D eigenvalue weighted by Crippen LogP contribution is -2.37. The summed E-state index contributed by atoms with van der Waals surface area (Å²) in [6.45, 7) is -0.0188. The van der Waals surface area contributed by atoms with E-state index in [1.54, 1.807) is 0 Å². The Kier molecular flexibility index (Phi) is 6.39. The molecular weight excluding hydrogens is 449 g/mol. The van der Waals surface area contributed by atoms with Gasteiger partial charge in [0.2, 0.25) is 5.95 Å². The molecule has 3 aromatic heterocycles. The van der Waals surface area contributed by atoms with Gasteiger partial charge in [0.25, 0.3) is 5.56 Å². The third-order valence-electron chi connectivity index (χ3n) is 4.82. The number of rotatable bonds is 9. The van der Waals surface area contributed by atoms with Crippen LogP contribution < -0.4 is 11.3 Å². The van der Waals surface area contributed by atoms with Crippen molar-refractivity contribution in [1.29, 1.82) is 0 Å². The van der Waals surface area contributed by atoms with Gasteiger partial charge in [0, 0.05) is 19.5 Å². The van der Waals surface area contributed by atoms with Gasteiger partial charge in [-0.1, -0.05) is 0 Å². The zero-order valence-corrected chi connectivity index (χ0v) is 17.7. The average molecular weight is 471 g/mol. The smallest absolute Gasteiger partial charge is 0.386 e. The van der Waals surface area contributed by atoms with Crippen LogP contribution in [0, 0.1) is 0 Å². The summed E-state index contributed by atoms with van der Waals surface area (Å²) < 4.78 is 36.5. The fraction of sp³-hybridized carbons (Fsp3) is 0.500. The highest BCUT2D eigenvalue weighted by Crippen LogP contribution is 2.44. The van der Waals surface area contributed by atoms with Crippen molar-refractivity contribution in [2.24, 2.45) is 0 Å². The topological polar surface area (TPSA) is 202 Å². The van der Waals surface area contributed by atoms with Gasteiger partial charge in [0.15, 0.2) is 17.4 Å². The standard InChI is InChI=1S/C16H22N7O8P/c1-28-4-5-29-12-9(6-30-32(26,27)22-3-2-18-7-22)31-15(11(12)24)23-8-19-10-13(23)20-16(17)21-14(10)25/h2-3,7-9,11-12,15,24H,4-6H2,1H3,(H,26,27)(H3,17,20,21,25)/t9-,11?,12+,15-/m1/s1. The molecule has 1 saturated heterocycles. The summed E-state index contributed by atoms with van der Waals surface area (Å²) >= 11 is 0. The molecule has 0 radical (unpaired) electrons. The quantitative estimate of drug-likeness (QED) is 0.216. The van der Waals surface area contributed by atoms with E-state index in [4.69, 9.17) is 24.5 Å². The van der Waals surface area contributed by atoms with E-state index in [0.717, 1.165) is 10.7 Å². The number of aliphatic hydroxyl groups is 1. The summed E-state index contributed by atoms with van der Waals surface area (Å²) in [5.74, 6) is -0.133. The molecule has 1 aliphatic heterocycles. The van der Waals surface area contributed by atoms with Gasteiger partial charge in [0.1, 0.15) is 24.6 Å². The highest BCUT2D eigenvalue weighted by atomic mass is 31.2. The molecule has 0 aliphatic carbocycles. The number of aromatic nitrogens is 6. The minimum atomic E-state index is -4.24. The van der Waals surface area contributed by atoms with Crippen LogP contribution in [0.1, 0.15) is 6.23 Å². The Morgan fingerprint density at radius 2 is 2.19 bits per heavy atom. The molecule has 16 heteroatoms. The van der Waals surface area contributed by atoms with E-state index in [1.807, 2.05) is 0 Å². The molecule has 0 spiro atoms. The summed E-state index contributed by atoms with van der Waals surface area (Å²) in [6.07, 6.45) is 0.796. The van der Waals surface area contributed by atoms with Gasteiger partial charge in [-0.25, -0.2) is 18.9 Å². The molecule has 1 aliphatic rings. The van der Waals surface area contributed by atoms with Gasteiger partial charge < -0.3 is 29.9 Å². The molecule has 1 fully saturated rings. The molecule has 3 aromatic rings. The molecular formula is C16H22N7O8P. The number of aromatic amines is 1. The molecule has 32 heavy (non-hydrogen) atoms. The maximum Gasteiger partial charge on any atom is 0.437 e. The number of hydrogen-bond acceptors (Lipinski definition) is 11. The molecule has 4 heterocycles. The SMILES string of the molecule is COCCO[C@@H]1C(O)[C@H](n2cnc3c(=O)[nH]c(N)nc32)O[C@@H]1COP(=O)(O)n1ccnc1. The number of H-pyrrole nitrogens is 1. The minimum absolute atomic E-state index is 0.00604. The van der Waals surface area contributed by atoms with Crippen molar-refractivity contribution < 1.29 is 33.3 Å². The Balaban J connectivity index is 1.59. The predicted molar refractivity (Wildman–Crippen MR) is 107 cm³/mol. The monoisotopic (exact) mass is 471 g/mol. The highest BCUT2D eigenvalue weighted by molar-refractivity contribution is 7.51. The second-order valence-corrected chi connectivity index (χ2v) is 8.59. The molecule has 0 saturated carbocycles. The van der Waals surface area contributed by atoms with E-state index in [9.17, 15) is 19.4 Å². The van der Waals surface area contributed by atoms with E-state index >= 15 is 0 Å². The number of methoxy groups -OCH3 is 1. The number of hydrogen-bond donors (Lipinski definition) is 4. The van der Waals surface area contributed by atoms with Crippen molar-refractivity contribution in [1.82, 2.24) is 28.8 Å². The number of imidazole rings is 2. The van der Waals surface area contributed by atoms with Crippen LogP contribution in [0.25, 0.3) is 11.2 Å². The molecule has 0 amide bonds. The van der Waals surface area contributed by atoms with Crippen molar-refractivity contribution in [3.05, 3.63) is 35.4 Å². The zero-order valence-electron chi connectivity index (χ0n) is 16.8. The molecule has 5 atom stereocenters. The molecule has 15 nitrogen and oxygen atoms in total. The summed E-state index contributed by atoms with van der Waals surface area (Å²) in [5, 5.41) is 10.9. The summed E-state index contributed by atoms with van der Waals surface area (Å²) in [6, 6.07) is 0. The van der Waals surface area contributed by atoms with Crippen molar-refractivity contribution in [2.45, 2.75) is 24.5 Å². The second-order valence-electron chi connectivity index (χ2n) is 6.89. The van der Waals surface area contributed by atoms with Gasteiger partial charge in [-0.15, -0.1) is 0 Å². The number of fused-ring (bicyclic) bond motifs is 1. The average Bonchev–Trinajstić information content (AvgIpc) is 3.47. The number of ether oxygens (including phenoxy) is 3. The second kappa shape index (κ2) is 9.07. The number of anilines is 1. The molecule has 0 bridgehead atoms. The maximum atomic E-state index is 12.4. The van der Waals surface area contributed by atoms with Crippen LogP contribution in [0.2, 0.25) is 0 Å². The summed E-state index contributed by atoms with van der Waals surface area (Å²) in [5.41, 5.74) is 5.18. The molecule has 4 rings (SSSR count). The normalized spacial score (nSPS) is 25.3. The van der Waals surface area contributed by atoms with Gasteiger partial charge in [-0.3, -0.25) is 18.9 Å². The lowest BCUT2D eigenvalue weighted by Gasteiger charge is -2.21.